The molecule has 13 rings (SSSR count). The van der Waals surface area contributed by atoms with Gasteiger partial charge in [-0.3, -0.25) is 0 Å². The van der Waals surface area contributed by atoms with E-state index in [1.54, 1.807) is 32.1 Å². The molecule has 14 heteroatoms. The van der Waals surface area contributed by atoms with Crippen molar-refractivity contribution in [3.05, 3.63) is 359 Å². The first-order chi connectivity index (χ1) is 56.5. The third-order valence-corrected chi connectivity index (χ3v) is 16.5. The van der Waals surface area contributed by atoms with Gasteiger partial charge in [0, 0.05) is 6.67 Å². The molecule has 10 aromatic rings. The second kappa shape index (κ2) is 118. The molecule has 664 valence electrons. The van der Waals surface area contributed by atoms with Gasteiger partial charge >= 0.3 is 0 Å². The van der Waals surface area contributed by atoms with E-state index in [9.17, 15) is 0 Å². The normalized spacial score (nSPS) is 10.7. The predicted octanol–water partition coefficient (Wildman–Crippen LogP) is 20.2. The van der Waals surface area contributed by atoms with E-state index in [4.69, 9.17) is 0 Å². The zero-order chi connectivity index (χ0) is 87.3. The highest BCUT2D eigenvalue weighted by atomic mass is 14.7. The van der Waals surface area contributed by atoms with Gasteiger partial charge in [0.1, 0.15) is 0 Å². The zero-order valence-corrected chi connectivity index (χ0v) is 74.1. The fourth-order valence-corrected chi connectivity index (χ4v) is 11.5. The van der Waals surface area contributed by atoms with Gasteiger partial charge < -0.3 is 80.3 Å². The maximum Gasteiger partial charge on any atom is 0.0403 e. The molecule has 28 N–H and O–H groups in total. The number of nitrogens with two attached hydrogens (primary N) is 14. The molecule has 3 fully saturated rings. The van der Waals surface area contributed by atoms with Gasteiger partial charge in [0.2, 0.25) is 0 Å². The van der Waals surface area contributed by atoms with Crippen molar-refractivity contribution in [3.63, 3.8) is 0 Å². The Balaban J connectivity index is -0.000000122. The summed E-state index contributed by atoms with van der Waals surface area (Å²) in [6.45, 7) is 4.57. The summed E-state index contributed by atoms with van der Waals surface area (Å²) >= 11 is 0. The molecular weight excluding hydrogens is 1430 g/mol. The van der Waals surface area contributed by atoms with Crippen molar-refractivity contribution < 1.29 is 0 Å². The number of benzene rings is 10. The van der Waals surface area contributed by atoms with Gasteiger partial charge in [0.15, 0.2) is 0 Å². The molecule has 117 heavy (non-hydrogen) atoms. The molecule has 3 aliphatic carbocycles. The molecule has 0 aliphatic heterocycles. The van der Waals surface area contributed by atoms with Gasteiger partial charge in [-0.25, -0.2) is 0 Å². The Morgan fingerprint density at radius 3 is 0.419 bits per heavy atom. The Bertz CT molecular complexity index is 2860. The van der Waals surface area contributed by atoms with E-state index < -0.39 is 0 Å². The summed E-state index contributed by atoms with van der Waals surface area (Å²) in [7, 11) is 18.0. The van der Waals surface area contributed by atoms with Gasteiger partial charge in [-0.15, -0.1) is 0 Å². The van der Waals surface area contributed by atoms with Crippen LogP contribution >= 0.6 is 0 Å². The Kier molecular flexibility index (Phi) is 134. The highest BCUT2D eigenvalue weighted by molar-refractivity contribution is 5.34. The van der Waals surface area contributed by atoms with Crippen LogP contribution in [0.3, 0.4) is 0 Å². The van der Waals surface area contributed by atoms with Gasteiger partial charge in [0.05, 0.1) is 0 Å². The summed E-state index contributed by atoms with van der Waals surface area (Å²) in [6, 6.07) is 105. The van der Waals surface area contributed by atoms with E-state index in [0.29, 0.717) is 0 Å². The Morgan fingerprint density at radius 1 is 0.179 bits per heavy atom. The molecule has 0 saturated heterocycles. The van der Waals surface area contributed by atoms with Crippen molar-refractivity contribution in [2.45, 2.75) is 184 Å². The van der Waals surface area contributed by atoms with Crippen molar-refractivity contribution >= 4 is 0 Å². The van der Waals surface area contributed by atoms with Crippen LogP contribution in [0.2, 0.25) is 0 Å². The summed E-state index contributed by atoms with van der Waals surface area (Å²) in [5, 5.41) is 0. The summed E-state index contributed by atoms with van der Waals surface area (Å²) in [4.78, 5) is 0. The van der Waals surface area contributed by atoms with E-state index in [2.05, 4.69) is 313 Å². The minimum absolute atomic E-state index is 0. The molecule has 0 atom stereocenters. The van der Waals surface area contributed by atoms with Crippen LogP contribution in [0.15, 0.2) is 303 Å². The molecule has 0 bridgehead atoms. The highest BCUT2D eigenvalue weighted by Crippen LogP contribution is 2.35. The molecule has 0 unspecified atom stereocenters. The van der Waals surface area contributed by atoms with Crippen molar-refractivity contribution in [1.29, 1.82) is 0 Å². The van der Waals surface area contributed by atoms with E-state index in [-0.39, 0.29) is 28.9 Å². The van der Waals surface area contributed by atoms with Crippen LogP contribution in [0.4, 0.5) is 0 Å². The van der Waals surface area contributed by atoms with Gasteiger partial charge in [-0.1, -0.05) is 442 Å². The van der Waals surface area contributed by atoms with E-state index in [1.807, 2.05) is 84.9 Å². The van der Waals surface area contributed by atoms with E-state index in [0.717, 1.165) is 50.4 Å². The fraction of sp³-hybridized carbons (Fsp3) is 0.417. The molecule has 0 heterocycles. The third-order valence-electron chi connectivity index (χ3n) is 16.5. The predicted molar refractivity (Wildman–Crippen MR) is 535 cm³/mol. The molecule has 0 amide bonds. The summed E-state index contributed by atoms with van der Waals surface area (Å²) in [5.41, 5.74) is 77.0. The quantitative estimate of drug-likeness (QED) is 0.0506. The van der Waals surface area contributed by atoms with Crippen LogP contribution in [0.25, 0.3) is 0 Å². The monoisotopic (exact) mass is 1620 g/mol. The van der Waals surface area contributed by atoms with Crippen LogP contribution in [-0.4, -0.2) is 91.2 Å². The maximum absolute atomic E-state index is 4.62. The van der Waals surface area contributed by atoms with Crippen molar-refractivity contribution in [1.82, 2.24) is 0 Å². The van der Waals surface area contributed by atoms with E-state index in [1.165, 1.54) is 217 Å². The number of hydrogen-bond donors (Lipinski definition) is 14. The van der Waals surface area contributed by atoms with Crippen LogP contribution in [-0.2, 0) is 38.5 Å². The first-order valence-corrected chi connectivity index (χ1v) is 41.3. The lowest BCUT2D eigenvalue weighted by Crippen LogP contribution is -2.14. The zero-order valence-electron chi connectivity index (χ0n) is 74.1. The molecule has 0 aromatic heterocycles. The van der Waals surface area contributed by atoms with Crippen LogP contribution in [0, 0.1) is 11.8 Å². The third kappa shape index (κ3) is 86.8. The molecule has 0 spiro atoms. The standard InChI is InChI=1S/C27H24.C13H24.C13H12.2C8H10.C6H12.2C6H6.CH6N2.12CH5N.3CH4/c1-3-7-22(8-4-1)19-24-11-15-26(16-12-24)21-27-17-13-25(14-18-27)20-23-9-5-2-6-10-23;2*1-3-7-12(8-4-1)11-13-9-5-2-6-10-13;2*1-2-8-6-4-3-5-7-8;3*1-2-4-6-5-3-1;2-1-3;12*1-2;;;/h1-18H,19-21H2;12-13H,1-11H2;1-10H,11H2;2*3-7H,2H2,1H3;1-6H2;2*1-6H;1-3H2;12*2H2,1H3;3*1H4. The van der Waals surface area contributed by atoms with E-state index >= 15 is 0 Å². The summed E-state index contributed by atoms with van der Waals surface area (Å²) in [6.07, 6.45) is 32.2. The smallest absolute Gasteiger partial charge is 0.0403 e. The van der Waals surface area contributed by atoms with Crippen LogP contribution < -0.4 is 80.3 Å². The van der Waals surface area contributed by atoms with Gasteiger partial charge in [0.25, 0.3) is 0 Å². The molecule has 3 saturated carbocycles. The van der Waals surface area contributed by atoms with Crippen molar-refractivity contribution in [2.24, 2.45) is 92.1 Å². The average Bonchev–Trinajstić information content (AvgIpc) is 0.863. The summed E-state index contributed by atoms with van der Waals surface area (Å²) in [5.74, 6) is 2.24. The first kappa shape index (κ1) is 132. The summed E-state index contributed by atoms with van der Waals surface area (Å²) < 4.78 is 0. The largest absolute Gasteiger partial charge is 0.333 e. The lowest BCUT2D eigenvalue weighted by Gasteiger charge is -2.28. The topological polar surface area (TPSA) is 364 Å². The molecule has 3 aliphatic rings. The number of hydrogen-bond acceptors (Lipinski definition) is 14. The van der Waals surface area contributed by atoms with Gasteiger partial charge in [-0.2, -0.15) is 0 Å². The molecule has 0 radical (unpaired) electrons. The first-order valence-electron chi connectivity index (χ1n) is 41.3. The van der Waals surface area contributed by atoms with Crippen molar-refractivity contribution in [3.8, 4) is 0 Å². The SMILES string of the molecule is C.C.C.C1CCC(CC2CCCCC2)CC1.C1CCCCC1.CCc1ccccc1.CCc1ccccc1.CN.CN.CN.CN.CN.CN.CN.CN.CN.CN.CN.CN.NCN.c1ccc(Cc2ccc(Cc3ccc(Cc4ccccc4)cc3)cc2)cc1.c1ccc(Cc2ccccc2)cc1.c1ccccc1.c1ccccc1. The minimum atomic E-state index is 0. The lowest BCUT2D eigenvalue weighted by molar-refractivity contribution is 0.244. The average molecular weight is 1620 g/mol. The second-order valence-corrected chi connectivity index (χ2v) is 23.9. The Labute approximate surface area is 722 Å². The van der Waals surface area contributed by atoms with Crippen molar-refractivity contribution in [2.75, 3.05) is 91.2 Å². The lowest BCUT2D eigenvalue weighted by atomic mass is 9.78. The molecule has 14 nitrogen and oxygen atoms in total. The number of rotatable bonds is 12. The maximum atomic E-state index is 4.62. The van der Waals surface area contributed by atoms with Gasteiger partial charge in [-0.05, 0) is 197 Å². The van der Waals surface area contributed by atoms with Crippen LogP contribution in [0.1, 0.15) is 201 Å². The minimum Gasteiger partial charge on any atom is -0.333 e. The molecular formula is C103H182N14. The van der Waals surface area contributed by atoms with Crippen LogP contribution in [0.5, 0.6) is 0 Å². The second-order valence-electron chi connectivity index (χ2n) is 23.9. The number of aryl methyl sites for hydroxylation is 2. The fourth-order valence-electron chi connectivity index (χ4n) is 11.5. The Hall–Kier alpha value is -8.36. The highest BCUT2D eigenvalue weighted by Gasteiger charge is 2.20. The Morgan fingerprint density at radius 2 is 0.291 bits per heavy atom. The molecule has 10 aromatic carbocycles.